The topological polar surface area (TPSA) is 82.5 Å². The average molecular weight is 286 g/mol. The van der Waals surface area contributed by atoms with Crippen molar-refractivity contribution < 1.29 is 19.4 Å². The maximum atomic E-state index is 13.7. The van der Waals surface area contributed by atoms with Crippen LogP contribution in [-0.4, -0.2) is 27.7 Å². The molecule has 0 bridgehead atoms. The second-order valence-corrected chi connectivity index (χ2v) is 4.00. The Morgan fingerprint density at radius 2 is 2.19 bits per heavy atom. The number of carbonyl (C=O) groups is 1. The van der Waals surface area contributed by atoms with Crippen LogP contribution in [-0.2, 0) is 0 Å². The van der Waals surface area contributed by atoms with Crippen molar-refractivity contribution in [2.45, 2.75) is 0 Å². The molecule has 0 spiro atoms. The van der Waals surface area contributed by atoms with E-state index in [1.165, 1.54) is 24.4 Å². The molecule has 5 nitrogen and oxygen atoms in total. The lowest BCUT2D eigenvalue weighted by molar-refractivity contribution is 0.102. The van der Waals surface area contributed by atoms with Gasteiger partial charge in [-0.25, -0.2) is 4.39 Å². The second-order valence-electron chi connectivity index (χ2n) is 4.00. The van der Waals surface area contributed by atoms with Crippen LogP contribution in [0.25, 0.3) is 0 Å². The maximum Gasteiger partial charge on any atom is 0.259 e. The van der Waals surface area contributed by atoms with Crippen LogP contribution in [0.5, 0.6) is 5.75 Å². The maximum absolute atomic E-state index is 13.7. The SMILES string of the molecule is O=C(Nc1ccc(C#CCO)c(F)c1)c1ccncc1O. The van der Waals surface area contributed by atoms with Gasteiger partial charge in [0, 0.05) is 11.9 Å². The molecule has 0 unspecified atom stereocenters. The zero-order chi connectivity index (χ0) is 15.2. The predicted octanol–water partition coefficient (Wildman–Crippen LogP) is 1.52. The van der Waals surface area contributed by atoms with Crippen LogP contribution in [0.3, 0.4) is 0 Å². The third kappa shape index (κ3) is 3.55. The first-order chi connectivity index (χ1) is 10.1. The highest BCUT2D eigenvalue weighted by molar-refractivity contribution is 6.05. The number of aromatic hydroxyl groups is 1. The number of nitrogens with one attached hydrogen (secondary N) is 1. The zero-order valence-corrected chi connectivity index (χ0v) is 10.8. The van der Waals surface area contributed by atoms with Gasteiger partial charge in [0.25, 0.3) is 5.91 Å². The minimum absolute atomic E-state index is 0.0366. The van der Waals surface area contributed by atoms with Gasteiger partial charge in [0.15, 0.2) is 0 Å². The number of hydrogen-bond donors (Lipinski definition) is 3. The van der Waals surface area contributed by atoms with Gasteiger partial charge in [-0.2, -0.15) is 0 Å². The van der Waals surface area contributed by atoms with Crippen molar-refractivity contribution in [2.24, 2.45) is 0 Å². The van der Waals surface area contributed by atoms with Gasteiger partial charge in [0.05, 0.1) is 17.3 Å². The Labute approximate surface area is 120 Å². The number of hydrogen-bond acceptors (Lipinski definition) is 4. The van der Waals surface area contributed by atoms with E-state index in [0.717, 1.165) is 12.3 Å². The van der Waals surface area contributed by atoms with Gasteiger partial charge in [0.1, 0.15) is 18.2 Å². The smallest absolute Gasteiger partial charge is 0.259 e. The number of aromatic nitrogens is 1. The van der Waals surface area contributed by atoms with Crippen LogP contribution < -0.4 is 5.32 Å². The van der Waals surface area contributed by atoms with E-state index in [4.69, 9.17) is 5.11 Å². The largest absolute Gasteiger partial charge is 0.505 e. The predicted molar refractivity (Wildman–Crippen MR) is 74.2 cm³/mol. The van der Waals surface area contributed by atoms with E-state index in [0.29, 0.717) is 0 Å². The second kappa shape index (κ2) is 6.50. The molecular formula is C15H11FN2O3. The summed E-state index contributed by atoms with van der Waals surface area (Å²) in [6.07, 6.45) is 2.51. The lowest BCUT2D eigenvalue weighted by atomic mass is 10.2. The zero-order valence-electron chi connectivity index (χ0n) is 10.8. The number of amides is 1. The highest BCUT2D eigenvalue weighted by Crippen LogP contribution is 2.18. The monoisotopic (exact) mass is 286 g/mol. The van der Waals surface area contributed by atoms with Crippen molar-refractivity contribution in [1.29, 1.82) is 0 Å². The molecule has 0 aliphatic heterocycles. The Hall–Kier alpha value is -2.91. The lowest BCUT2D eigenvalue weighted by Gasteiger charge is -2.07. The molecule has 0 radical (unpaired) electrons. The molecule has 0 aliphatic rings. The molecule has 0 fully saturated rings. The summed E-state index contributed by atoms with van der Waals surface area (Å²) in [6, 6.07) is 5.32. The number of rotatable bonds is 2. The molecule has 2 rings (SSSR count). The van der Waals surface area contributed by atoms with Crippen molar-refractivity contribution in [3.63, 3.8) is 0 Å². The summed E-state index contributed by atoms with van der Waals surface area (Å²) in [4.78, 5) is 15.6. The van der Waals surface area contributed by atoms with Crippen molar-refractivity contribution in [3.05, 3.63) is 53.6 Å². The molecule has 6 heteroatoms. The molecule has 0 aliphatic carbocycles. The number of nitrogens with zero attached hydrogens (tertiary/aromatic N) is 1. The molecule has 21 heavy (non-hydrogen) atoms. The van der Waals surface area contributed by atoms with Gasteiger partial charge in [-0.15, -0.1) is 0 Å². The summed E-state index contributed by atoms with van der Waals surface area (Å²) < 4.78 is 13.7. The summed E-state index contributed by atoms with van der Waals surface area (Å²) in [5.41, 5.74) is 0.381. The standard InChI is InChI=1S/C15H11FN2O3/c16-13-8-11(4-3-10(13)2-1-7-19)18-15(21)12-5-6-17-9-14(12)20/h3-6,8-9,19-20H,7H2,(H,18,21). The van der Waals surface area contributed by atoms with Gasteiger partial charge < -0.3 is 15.5 Å². The number of benzene rings is 1. The van der Waals surface area contributed by atoms with Gasteiger partial charge in [-0.1, -0.05) is 11.8 Å². The first-order valence-electron chi connectivity index (χ1n) is 5.95. The van der Waals surface area contributed by atoms with Gasteiger partial charge in [-0.3, -0.25) is 9.78 Å². The van der Waals surface area contributed by atoms with Crippen LogP contribution in [0.15, 0.2) is 36.7 Å². The van der Waals surface area contributed by atoms with Crippen molar-refractivity contribution in [2.75, 3.05) is 11.9 Å². The van der Waals surface area contributed by atoms with Crippen LogP contribution >= 0.6 is 0 Å². The van der Waals surface area contributed by atoms with E-state index in [-0.39, 0.29) is 29.2 Å². The van der Waals surface area contributed by atoms with Gasteiger partial charge in [-0.05, 0) is 24.3 Å². The van der Waals surface area contributed by atoms with E-state index in [2.05, 4.69) is 22.1 Å². The molecule has 1 heterocycles. The third-order valence-corrected chi connectivity index (χ3v) is 2.57. The number of halogens is 1. The number of carbonyl (C=O) groups excluding carboxylic acids is 1. The Kier molecular flexibility index (Phi) is 4.49. The number of aliphatic hydroxyl groups is 1. The number of aliphatic hydroxyl groups excluding tert-OH is 1. The normalized spacial score (nSPS) is 9.62. The lowest BCUT2D eigenvalue weighted by Crippen LogP contribution is -2.12. The summed E-state index contributed by atoms with van der Waals surface area (Å²) in [7, 11) is 0. The van der Waals surface area contributed by atoms with Crippen molar-refractivity contribution in [1.82, 2.24) is 4.98 Å². The Morgan fingerprint density at radius 3 is 2.86 bits per heavy atom. The van der Waals surface area contributed by atoms with Gasteiger partial charge in [0.2, 0.25) is 0 Å². The molecule has 1 amide bonds. The fraction of sp³-hybridized carbons (Fsp3) is 0.0667. The summed E-state index contributed by atoms with van der Waals surface area (Å²) in [6.45, 7) is -0.362. The van der Waals surface area contributed by atoms with E-state index in [9.17, 15) is 14.3 Å². The third-order valence-electron chi connectivity index (χ3n) is 2.57. The summed E-state index contributed by atoms with van der Waals surface area (Å²) >= 11 is 0. The van der Waals surface area contributed by atoms with Crippen molar-refractivity contribution >= 4 is 11.6 Å². The Balaban J connectivity index is 2.19. The van der Waals surface area contributed by atoms with Crippen molar-refractivity contribution in [3.8, 4) is 17.6 Å². The average Bonchev–Trinajstić information content (AvgIpc) is 2.47. The molecule has 0 saturated carbocycles. The number of anilines is 1. The first-order valence-corrected chi connectivity index (χ1v) is 5.95. The molecule has 3 N–H and O–H groups in total. The molecule has 106 valence electrons. The number of pyridine rings is 1. The molecule has 2 aromatic rings. The first kappa shape index (κ1) is 14.5. The quantitative estimate of drug-likeness (QED) is 0.731. The van der Waals surface area contributed by atoms with E-state index in [1.54, 1.807) is 0 Å². The molecule has 0 saturated heterocycles. The van der Waals surface area contributed by atoms with Crippen LogP contribution in [0.4, 0.5) is 10.1 Å². The van der Waals surface area contributed by atoms with Gasteiger partial charge >= 0.3 is 0 Å². The molecule has 1 aromatic carbocycles. The van der Waals surface area contributed by atoms with E-state index in [1.807, 2.05) is 0 Å². The van der Waals surface area contributed by atoms with E-state index < -0.39 is 11.7 Å². The summed E-state index contributed by atoms with van der Waals surface area (Å²) in [5, 5.41) is 20.5. The fourth-order valence-corrected chi connectivity index (χ4v) is 1.61. The fourth-order valence-electron chi connectivity index (χ4n) is 1.61. The Bertz CT molecular complexity index is 735. The molecular weight excluding hydrogens is 275 g/mol. The summed E-state index contributed by atoms with van der Waals surface area (Å²) in [5.74, 6) is 3.32. The molecule has 0 atom stereocenters. The van der Waals surface area contributed by atoms with Crippen LogP contribution in [0.2, 0.25) is 0 Å². The van der Waals surface area contributed by atoms with E-state index >= 15 is 0 Å². The minimum atomic E-state index is -0.618. The van der Waals surface area contributed by atoms with Crippen LogP contribution in [0.1, 0.15) is 15.9 Å². The molecule has 1 aromatic heterocycles. The van der Waals surface area contributed by atoms with Crippen LogP contribution in [0, 0.1) is 17.7 Å². The highest BCUT2D eigenvalue weighted by atomic mass is 19.1. The minimum Gasteiger partial charge on any atom is -0.505 e. The highest BCUT2D eigenvalue weighted by Gasteiger charge is 2.11. The Morgan fingerprint density at radius 1 is 1.38 bits per heavy atom.